The first-order chi connectivity index (χ1) is 16.5. The fraction of sp³-hybridized carbons (Fsp3) is 0.333. The second-order valence-corrected chi connectivity index (χ2v) is 8.96. The summed E-state index contributed by atoms with van der Waals surface area (Å²) >= 11 is 0. The van der Waals surface area contributed by atoms with E-state index in [-0.39, 0.29) is 11.7 Å². The minimum Gasteiger partial charge on any atom is -0.477 e. The first-order valence-electron chi connectivity index (χ1n) is 11.8. The zero-order valence-electron chi connectivity index (χ0n) is 19.2. The molecule has 2 unspecified atom stereocenters. The largest absolute Gasteiger partial charge is 0.477 e. The second-order valence-electron chi connectivity index (χ2n) is 8.96. The van der Waals surface area contributed by atoms with E-state index in [0.29, 0.717) is 18.2 Å². The maximum Gasteiger partial charge on any atom is 0.341 e. The van der Waals surface area contributed by atoms with Gasteiger partial charge in [0.15, 0.2) is 0 Å². The van der Waals surface area contributed by atoms with Crippen molar-refractivity contribution in [2.45, 2.75) is 32.0 Å². The third kappa shape index (κ3) is 4.36. The van der Waals surface area contributed by atoms with Gasteiger partial charge in [-0.15, -0.1) is 0 Å². The zero-order chi connectivity index (χ0) is 23.7. The predicted molar refractivity (Wildman–Crippen MR) is 131 cm³/mol. The number of aryl methyl sites for hydroxylation is 1. The standard InChI is InChI=1S/C27H29N3O4/c1-2-19-14-22(27(32)33)26(31)28-25(19)20-8-10-21(11-9-20)30-16-23-24(17-30)34-13-12-29(23)15-18-6-4-3-5-7-18/h3-11,14,23-24H,2,12-13,15-17H2,1H3,(H,28,31)(H,32,33). The Morgan fingerprint density at radius 3 is 2.59 bits per heavy atom. The second kappa shape index (κ2) is 9.44. The number of hydrogen-bond acceptors (Lipinski definition) is 5. The van der Waals surface area contributed by atoms with Crippen LogP contribution in [-0.4, -0.2) is 59.3 Å². The highest BCUT2D eigenvalue weighted by Gasteiger charge is 2.40. The molecule has 0 saturated carbocycles. The Morgan fingerprint density at radius 1 is 1.12 bits per heavy atom. The van der Waals surface area contributed by atoms with Crippen LogP contribution in [0.4, 0.5) is 5.69 Å². The number of aromatic amines is 1. The van der Waals surface area contributed by atoms with Gasteiger partial charge in [-0.25, -0.2) is 4.79 Å². The molecule has 176 valence electrons. The Balaban J connectivity index is 1.34. The molecule has 2 aromatic carbocycles. The van der Waals surface area contributed by atoms with Crippen LogP contribution in [0.3, 0.4) is 0 Å². The molecule has 0 spiro atoms. The fourth-order valence-corrected chi connectivity index (χ4v) is 5.09. The van der Waals surface area contributed by atoms with Crippen LogP contribution in [0.5, 0.6) is 0 Å². The molecule has 2 fully saturated rings. The van der Waals surface area contributed by atoms with E-state index in [0.717, 1.165) is 49.6 Å². The smallest absolute Gasteiger partial charge is 0.341 e. The lowest BCUT2D eigenvalue weighted by atomic mass is 10.0. The van der Waals surface area contributed by atoms with E-state index in [9.17, 15) is 14.7 Å². The molecule has 7 heteroatoms. The van der Waals surface area contributed by atoms with Gasteiger partial charge < -0.3 is 19.7 Å². The van der Waals surface area contributed by atoms with Crippen LogP contribution >= 0.6 is 0 Å². The summed E-state index contributed by atoms with van der Waals surface area (Å²) in [7, 11) is 0. The molecule has 34 heavy (non-hydrogen) atoms. The molecular weight excluding hydrogens is 430 g/mol. The SMILES string of the molecule is CCc1cc(C(=O)O)c(=O)[nH]c1-c1ccc(N2CC3OCCN(Cc4ccccc4)C3C2)cc1. The Hall–Kier alpha value is -3.42. The summed E-state index contributed by atoms with van der Waals surface area (Å²) in [5.41, 5.74) is 3.98. The van der Waals surface area contributed by atoms with Crippen molar-refractivity contribution in [1.82, 2.24) is 9.88 Å². The van der Waals surface area contributed by atoms with Gasteiger partial charge in [0, 0.05) is 31.9 Å². The Kier molecular flexibility index (Phi) is 6.22. The van der Waals surface area contributed by atoms with Crippen LogP contribution in [0.15, 0.2) is 65.5 Å². The molecule has 0 aliphatic carbocycles. The average molecular weight is 460 g/mol. The number of nitrogens with one attached hydrogen (secondary N) is 1. The molecular formula is C27H29N3O4. The number of benzene rings is 2. The highest BCUT2D eigenvalue weighted by molar-refractivity contribution is 5.88. The van der Waals surface area contributed by atoms with Crippen molar-refractivity contribution in [2.24, 2.45) is 0 Å². The number of morpholine rings is 1. The Bertz CT molecular complexity index is 1220. The van der Waals surface area contributed by atoms with Crippen molar-refractivity contribution in [3.05, 3.63) is 87.7 Å². The summed E-state index contributed by atoms with van der Waals surface area (Å²) in [5.74, 6) is -1.21. The van der Waals surface area contributed by atoms with E-state index < -0.39 is 11.5 Å². The van der Waals surface area contributed by atoms with Crippen molar-refractivity contribution >= 4 is 11.7 Å². The minimum atomic E-state index is -1.21. The normalized spacial score (nSPS) is 20.3. The van der Waals surface area contributed by atoms with E-state index in [1.165, 1.54) is 11.6 Å². The number of H-pyrrole nitrogens is 1. The quantitative estimate of drug-likeness (QED) is 0.588. The number of hydrogen-bond donors (Lipinski definition) is 2. The number of anilines is 1. The summed E-state index contributed by atoms with van der Waals surface area (Å²) < 4.78 is 6.12. The summed E-state index contributed by atoms with van der Waals surface area (Å²) in [4.78, 5) is 31.2. The Morgan fingerprint density at radius 2 is 1.88 bits per heavy atom. The third-order valence-electron chi connectivity index (χ3n) is 6.90. The van der Waals surface area contributed by atoms with Gasteiger partial charge in [0.1, 0.15) is 5.56 Å². The van der Waals surface area contributed by atoms with Crippen LogP contribution in [0.2, 0.25) is 0 Å². The zero-order valence-corrected chi connectivity index (χ0v) is 19.2. The highest BCUT2D eigenvalue weighted by atomic mass is 16.5. The molecule has 2 N–H and O–H groups in total. The van der Waals surface area contributed by atoms with E-state index in [1.807, 2.05) is 25.1 Å². The van der Waals surface area contributed by atoms with Gasteiger partial charge in [-0.3, -0.25) is 9.69 Å². The minimum absolute atomic E-state index is 0.184. The number of pyridine rings is 1. The molecule has 0 bridgehead atoms. The summed E-state index contributed by atoms with van der Waals surface area (Å²) in [6.07, 6.45) is 0.807. The number of ether oxygens (including phenoxy) is 1. The lowest BCUT2D eigenvalue weighted by Gasteiger charge is -2.36. The number of aromatic nitrogens is 1. The number of fused-ring (bicyclic) bond motifs is 1. The van der Waals surface area contributed by atoms with Crippen LogP contribution in [0.1, 0.15) is 28.4 Å². The molecule has 7 nitrogen and oxygen atoms in total. The number of carbonyl (C=O) groups is 1. The van der Waals surface area contributed by atoms with Crippen LogP contribution in [-0.2, 0) is 17.7 Å². The van der Waals surface area contributed by atoms with Gasteiger partial charge in [-0.2, -0.15) is 0 Å². The third-order valence-corrected chi connectivity index (χ3v) is 6.90. The van der Waals surface area contributed by atoms with Gasteiger partial charge in [0.25, 0.3) is 5.56 Å². The van der Waals surface area contributed by atoms with Gasteiger partial charge in [-0.1, -0.05) is 49.4 Å². The van der Waals surface area contributed by atoms with Crippen molar-refractivity contribution in [1.29, 1.82) is 0 Å². The molecule has 2 aliphatic heterocycles. The molecule has 0 amide bonds. The summed E-state index contributed by atoms with van der Waals surface area (Å²) in [6.45, 7) is 6.31. The number of carboxylic acid groups (broad SMARTS) is 1. The number of nitrogens with zero attached hydrogens (tertiary/aromatic N) is 2. The summed E-state index contributed by atoms with van der Waals surface area (Å²) in [6, 6.07) is 20.5. The molecule has 0 radical (unpaired) electrons. The maximum atomic E-state index is 12.2. The van der Waals surface area contributed by atoms with Crippen LogP contribution in [0, 0.1) is 0 Å². The number of aromatic carboxylic acids is 1. The van der Waals surface area contributed by atoms with Crippen molar-refractivity contribution in [3.63, 3.8) is 0 Å². The van der Waals surface area contributed by atoms with E-state index >= 15 is 0 Å². The van der Waals surface area contributed by atoms with Gasteiger partial charge in [-0.05, 0) is 41.3 Å². The monoisotopic (exact) mass is 459 g/mol. The lowest BCUT2D eigenvalue weighted by Crippen LogP contribution is -2.50. The van der Waals surface area contributed by atoms with Gasteiger partial charge >= 0.3 is 5.97 Å². The van der Waals surface area contributed by atoms with Crippen LogP contribution < -0.4 is 10.5 Å². The van der Waals surface area contributed by atoms with Gasteiger partial charge in [0.05, 0.1) is 24.4 Å². The molecule has 3 heterocycles. The first-order valence-corrected chi connectivity index (χ1v) is 11.8. The Labute approximate surface area is 198 Å². The lowest BCUT2D eigenvalue weighted by molar-refractivity contribution is -0.0499. The molecule has 2 saturated heterocycles. The predicted octanol–water partition coefficient (Wildman–Crippen LogP) is 3.39. The molecule has 2 aliphatic rings. The fourth-order valence-electron chi connectivity index (χ4n) is 5.09. The maximum absolute atomic E-state index is 12.2. The highest BCUT2D eigenvalue weighted by Crippen LogP contribution is 2.30. The average Bonchev–Trinajstić information content (AvgIpc) is 3.30. The van der Waals surface area contributed by atoms with Crippen LogP contribution in [0.25, 0.3) is 11.3 Å². The molecule has 3 aromatic rings. The van der Waals surface area contributed by atoms with Gasteiger partial charge in [0.2, 0.25) is 0 Å². The topological polar surface area (TPSA) is 85.9 Å². The molecule has 2 atom stereocenters. The molecule has 1 aromatic heterocycles. The van der Waals surface area contributed by atoms with Crippen molar-refractivity contribution in [2.75, 3.05) is 31.1 Å². The van der Waals surface area contributed by atoms with E-state index in [4.69, 9.17) is 4.74 Å². The van der Waals surface area contributed by atoms with Crippen molar-refractivity contribution < 1.29 is 14.6 Å². The van der Waals surface area contributed by atoms with Crippen molar-refractivity contribution in [3.8, 4) is 11.3 Å². The van der Waals surface area contributed by atoms with E-state index in [1.54, 1.807) is 0 Å². The number of carboxylic acids is 1. The summed E-state index contributed by atoms with van der Waals surface area (Å²) in [5, 5.41) is 9.25. The molecule has 5 rings (SSSR count). The first kappa shape index (κ1) is 22.4. The van der Waals surface area contributed by atoms with E-state index in [2.05, 4.69) is 51.2 Å². The number of rotatable bonds is 6.